The molecule has 410 valence electrons. The maximum absolute atomic E-state index is 14.2. The van der Waals surface area contributed by atoms with Gasteiger partial charge in [0.25, 0.3) is 0 Å². The molecule has 6 nitrogen and oxygen atoms in total. The molecule has 0 aliphatic heterocycles. The fourth-order valence-corrected chi connectivity index (χ4v) is 11.0. The third kappa shape index (κ3) is 24.6. The summed E-state index contributed by atoms with van der Waals surface area (Å²) in [6, 6.07) is 8.76. The minimum Gasteiger partial charge on any atom is -0.492 e. The molecular weight excluding hydrogens is 933 g/mol. The zero-order valence-electron chi connectivity index (χ0n) is 49.3. The Hall–Kier alpha value is -5.01. The van der Waals surface area contributed by atoms with Crippen LogP contribution in [0.3, 0.4) is 0 Å². The van der Waals surface area contributed by atoms with E-state index in [1.807, 2.05) is 26.0 Å². The Morgan fingerprint density at radius 2 is 0.730 bits per heavy atom. The maximum Gasteiger partial charge on any atom is 0.207 e. The van der Waals surface area contributed by atoms with Crippen LogP contribution in [-0.4, -0.2) is 42.1 Å². The molecule has 0 heterocycles. The third-order valence-electron chi connectivity index (χ3n) is 14.1. The van der Waals surface area contributed by atoms with Crippen molar-refractivity contribution in [1.82, 2.24) is 0 Å². The number of allylic oxidation sites excluding steroid dienone is 19. The first-order valence-corrected chi connectivity index (χ1v) is 29.0. The van der Waals surface area contributed by atoms with Crippen LogP contribution >= 0.6 is 0 Å². The van der Waals surface area contributed by atoms with E-state index in [0.29, 0.717) is 40.7 Å². The molecule has 74 heavy (non-hydrogen) atoms. The van der Waals surface area contributed by atoms with Crippen molar-refractivity contribution in [3.63, 3.8) is 0 Å². The second kappa shape index (κ2) is 36.1. The summed E-state index contributed by atoms with van der Waals surface area (Å²) in [7, 11) is 2.63. The number of hydrogen-bond acceptors (Lipinski definition) is 6. The minimum absolute atomic E-state index is 0.319. The summed E-state index contributed by atoms with van der Waals surface area (Å²) in [5, 5.41) is -0.733. The van der Waals surface area contributed by atoms with E-state index in [1.165, 1.54) is 63.0 Å². The zero-order chi connectivity index (χ0) is 55.1. The topological polar surface area (TPSA) is 71.1 Å². The fourth-order valence-electron chi connectivity index (χ4n) is 9.16. The van der Waals surface area contributed by atoms with Gasteiger partial charge in [0.1, 0.15) is 0 Å². The van der Waals surface area contributed by atoms with Crippen molar-refractivity contribution < 1.29 is 27.4 Å². The lowest BCUT2D eigenvalue weighted by Crippen LogP contribution is -2.22. The molecule has 0 radical (unpaired) electrons. The van der Waals surface area contributed by atoms with E-state index in [1.54, 1.807) is 52.7 Å². The van der Waals surface area contributed by atoms with Crippen molar-refractivity contribution in [2.45, 2.75) is 209 Å². The fraction of sp³-hybridized carbons (Fsp3) is 0.522. The van der Waals surface area contributed by atoms with Crippen LogP contribution < -0.4 is 18.9 Å². The standard InChI is InChI=1S/C67H100O6S/c1-50(2)28-20-29-51(3)30-21-31-52(4)32-22-33-53(5)34-23-35-54(6)36-24-37-55(7)38-25-39-56(8)40-26-41-57(9)42-27-43-58(10)46-49-63(74(68,69)61-44-18-17-19-45-61)59(11)47-48-62-60(12)64(70-13)66(72-15)67(73-16)65(62)71-14/h17-19,28,30,32,34,36,38,40,42,44-47,63H,20-27,29,31,33,35,37,39,41,43,48-49H2,1-16H3/b51-30+,52-32+,53-34+,54-36+,55-38+,56-40+,57-42+,58-46+,59-47+. The first-order chi connectivity index (χ1) is 35.3. The number of benzene rings is 2. The van der Waals surface area contributed by atoms with Gasteiger partial charge in [-0.25, -0.2) is 8.42 Å². The number of hydrogen-bond donors (Lipinski definition) is 0. The van der Waals surface area contributed by atoms with E-state index in [-0.39, 0.29) is 0 Å². The molecule has 0 aromatic heterocycles. The normalized spacial score (nSPS) is 14.4. The lowest BCUT2D eigenvalue weighted by Gasteiger charge is -2.22. The van der Waals surface area contributed by atoms with Crippen LogP contribution in [0.4, 0.5) is 0 Å². The van der Waals surface area contributed by atoms with Gasteiger partial charge in [0.2, 0.25) is 11.5 Å². The number of sulfone groups is 1. The van der Waals surface area contributed by atoms with Crippen LogP contribution in [-0.2, 0) is 16.3 Å². The molecular formula is C67H100O6S. The van der Waals surface area contributed by atoms with Crippen LogP contribution in [0.2, 0.25) is 0 Å². The van der Waals surface area contributed by atoms with Gasteiger partial charge in [-0.05, 0) is 211 Å². The van der Waals surface area contributed by atoms with Crippen LogP contribution in [0.1, 0.15) is 196 Å². The molecule has 0 saturated carbocycles. The van der Waals surface area contributed by atoms with Gasteiger partial charge in [0.05, 0.1) is 38.6 Å². The van der Waals surface area contributed by atoms with Gasteiger partial charge in [0.15, 0.2) is 21.3 Å². The molecule has 0 amide bonds. The molecule has 2 aromatic carbocycles. The number of ether oxygens (including phenoxy) is 4. The highest BCUT2D eigenvalue weighted by molar-refractivity contribution is 7.92. The Morgan fingerprint density at radius 3 is 1.05 bits per heavy atom. The van der Waals surface area contributed by atoms with Crippen LogP contribution in [0.15, 0.2) is 152 Å². The van der Waals surface area contributed by atoms with Gasteiger partial charge in [0, 0.05) is 11.1 Å². The quantitative estimate of drug-likeness (QED) is 0.0641. The second-order valence-corrected chi connectivity index (χ2v) is 23.1. The van der Waals surface area contributed by atoms with Crippen molar-refractivity contribution in [2.75, 3.05) is 28.4 Å². The second-order valence-electron chi connectivity index (χ2n) is 21.0. The summed E-state index contributed by atoms with van der Waals surface area (Å²) in [5.41, 5.74) is 15.4. The van der Waals surface area contributed by atoms with Crippen molar-refractivity contribution in [3.05, 3.63) is 158 Å². The van der Waals surface area contributed by atoms with E-state index in [9.17, 15) is 8.42 Å². The largest absolute Gasteiger partial charge is 0.492 e. The lowest BCUT2D eigenvalue weighted by atomic mass is 9.99. The van der Waals surface area contributed by atoms with Crippen molar-refractivity contribution in [2.24, 2.45) is 0 Å². The summed E-state index contributed by atoms with van der Waals surface area (Å²) < 4.78 is 51.3. The predicted octanol–water partition coefficient (Wildman–Crippen LogP) is 19.5. The molecule has 0 aliphatic rings. The zero-order valence-corrected chi connectivity index (χ0v) is 50.1. The molecule has 0 aliphatic carbocycles. The molecule has 7 heteroatoms. The Kier molecular flexibility index (Phi) is 31.7. The van der Waals surface area contributed by atoms with Crippen LogP contribution in [0.25, 0.3) is 0 Å². The van der Waals surface area contributed by atoms with E-state index in [4.69, 9.17) is 18.9 Å². The van der Waals surface area contributed by atoms with Gasteiger partial charge in [-0.3, -0.25) is 0 Å². The Morgan fingerprint density at radius 1 is 0.419 bits per heavy atom. The van der Waals surface area contributed by atoms with E-state index in [0.717, 1.165) is 107 Å². The van der Waals surface area contributed by atoms with E-state index in [2.05, 4.69) is 124 Å². The Labute approximate surface area is 453 Å². The molecule has 2 aromatic rings. The number of rotatable bonds is 35. The van der Waals surface area contributed by atoms with Crippen LogP contribution in [0, 0.1) is 6.92 Å². The molecule has 1 unspecified atom stereocenters. The van der Waals surface area contributed by atoms with Gasteiger partial charge < -0.3 is 18.9 Å². The van der Waals surface area contributed by atoms with Crippen molar-refractivity contribution >= 4 is 9.84 Å². The van der Waals surface area contributed by atoms with Gasteiger partial charge >= 0.3 is 0 Å². The van der Waals surface area contributed by atoms with Gasteiger partial charge in [-0.15, -0.1) is 0 Å². The monoisotopic (exact) mass is 1030 g/mol. The molecule has 0 bridgehead atoms. The number of methoxy groups -OCH3 is 4. The lowest BCUT2D eigenvalue weighted by molar-refractivity contribution is 0.302. The van der Waals surface area contributed by atoms with Crippen molar-refractivity contribution in [3.8, 4) is 23.0 Å². The molecule has 0 saturated heterocycles. The highest BCUT2D eigenvalue weighted by Gasteiger charge is 2.29. The average molecular weight is 1030 g/mol. The molecule has 2 rings (SSSR count). The summed E-state index contributed by atoms with van der Waals surface area (Å²) in [6.45, 7) is 26.2. The predicted molar refractivity (Wildman–Crippen MR) is 320 cm³/mol. The van der Waals surface area contributed by atoms with E-state index >= 15 is 0 Å². The maximum atomic E-state index is 14.2. The summed E-state index contributed by atoms with van der Waals surface area (Å²) >= 11 is 0. The first kappa shape index (κ1) is 65.1. The highest BCUT2D eigenvalue weighted by Crippen LogP contribution is 2.49. The highest BCUT2D eigenvalue weighted by atomic mass is 32.2. The summed E-state index contributed by atoms with van der Waals surface area (Å²) in [4.78, 5) is 0.319. The molecule has 0 fully saturated rings. The Balaban J connectivity index is 1.85. The SMILES string of the molecule is COc1c(C)c(C/C=C(\C)C(C/C=C(\C)CC/C=C(\C)CC/C=C(\C)CC/C=C(\C)CC/C=C(\C)CC/C=C(\C)CC/C=C(\C)CC/C=C(\C)CCC=C(C)C)S(=O)(=O)c2ccccc2)c(OC)c(OC)c1OC. The minimum atomic E-state index is -3.68. The summed E-state index contributed by atoms with van der Waals surface area (Å²) in [5.74, 6) is 1.98. The average Bonchev–Trinajstić information content (AvgIpc) is 3.35. The molecule has 0 N–H and O–H groups in total. The third-order valence-corrected chi connectivity index (χ3v) is 16.3. The Bertz CT molecular complexity index is 2460. The van der Waals surface area contributed by atoms with Crippen molar-refractivity contribution in [1.29, 1.82) is 0 Å². The van der Waals surface area contributed by atoms with Gasteiger partial charge in [-0.1, -0.05) is 135 Å². The smallest absolute Gasteiger partial charge is 0.207 e. The summed E-state index contributed by atoms with van der Waals surface area (Å²) in [6.07, 6.45) is 41.7. The van der Waals surface area contributed by atoms with E-state index < -0.39 is 15.1 Å². The van der Waals surface area contributed by atoms with Gasteiger partial charge in [-0.2, -0.15) is 0 Å². The molecule has 1 atom stereocenters. The van der Waals surface area contributed by atoms with Crippen LogP contribution in [0.5, 0.6) is 23.0 Å². The first-order valence-electron chi connectivity index (χ1n) is 27.5. The molecule has 0 spiro atoms.